The van der Waals surface area contributed by atoms with Crippen molar-refractivity contribution in [1.82, 2.24) is 4.98 Å². The number of aromatic nitrogens is 1. The van der Waals surface area contributed by atoms with Gasteiger partial charge in [0.05, 0.1) is 0 Å². The summed E-state index contributed by atoms with van der Waals surface area (Å²) in [4.78, 5) is 4.11. The van der Waals surface area contributed by atoms with Crippen LogP contribution < -0.4 is 5.46 Å². The van der Waals surface area contributed by atoms with Gasteiger partial charge in [-0.3, -0.25) is 4.98 Å². The molecule has 0 saturated heterocycles. The Bertz CT molecular complexity index is 693. The van der Waals surface area contributed by atoms with Crippen LogP contribution in [0.1, 0.15) is 0 Å². The van der Waals surface area contributed by atoms with Crippen molar-refractivity contribution >= 4 is 28.5 Å². The van der Waals surface area contributed by atoms with Crippen LogP contribution in [0.25, 0.3) is 11.1 Å². The third-order valence-corrected chi connectivity index (χ3v) is 3.34. The highest BCUT2D eigenvalue weighted by atomic mass is 79.9. The summed E-state index contributed by atoms with van der Waals surface area (Å²) >= 11 is 3.40. The zero-order chi connectivity index (χ0) is 15.8. The molecule has 3 rings (SSSR count). The standard InChI is InChI=1S/C11H8BrN.C6H7BO2/c12-11-6-10(7-13-8-11)9-4-2-1-3-5-9;8-7(9)6-4-2-1-3-5-6/h1-8H;1-5,8-9H. The normalized spacial score (nSPS) is 9.59. The average Bonchev–Trinajstić information content (AvgIpc) is 2.57. The summed E-state index contributed by atoms with van der Waals surface area (Å²) in [6.45, 7) is 0. The molecule has 0 spiro atoms. The van der Waals surface area contributed by atoms with Gasteiger partial charge in [-0.1, -0.05) is 60.7 Å². The van der Waals surface area contributed by atoms with Gasteiger partial charge in [0.15, 0.2) is 0 Å². The van der Waals surface area contributed by atoms with E-state index in [0.29, 0.717) is 5.46 Å². The molecule has 0 saturated carbocycles. The largest absolute Gasteiger partial charge is 0.488 e. The van der Waals surface area contributed by atoms with Crippen molar-refractivity contribution in [2.24, 2.45) is 0 Å². The van der Waals surface area contributed by atoms with Gasteiger partial charge in [-0.25, -0.2) is 0 Å². The number of benzene rings is 2. The molecule has 0 fully saturated rings. The van der Waals surface area contributed by atoms with Crippen LogP contribution in [0.5, 0.6) is 0 Å². The van der Waals surface area contributed by atoms with Gasteiger partial charge in [0, 0.05) is 22.4 Å². The average molecular weight is 356 g/mol. The van der Waals surface area contributed by atoms with E-state index in [0.717, 1.165) is 10.0 Å². The van der Waals surface area contributed by atoms with Gasteiger partial charge < -0.3 is 10.0 Å². The van der Waals surface area contributed by atoms with Crippen LogP contribution in [0.4, 0.5) is 0 Å². The van der Waals surface area contributed by atoms with Crippen LogP contribution >= 0.6 is 15.9 Å². The number of pyridine rings is 1. The van der Waals surface area contributed by atoms with E-state index >= 15 is 0 Å². The molecular weight excluding hydrogens is 341 g/mol. The predicted octanol–water partition coefficient (Wildman–Crippen LogP) is 2.88. The maximum atomic E-state index is 8.58. The van der Waals surface area contributed by atoms with Crippen molar-refractivity contribution < 1.29 is 10.0 Å². The Kier molecular flexibility index (Phi) is 6.34. The van der Waals surface area contributed by atoms with Crippen LogP contribution in [0.15, 0.2) is 83.6 Å². The fraction of sp³-hybridized carbons (Fsp3) is 0. The first-order chi connectivity index (χ1) is 10.7. The van der Waals surface area contributed by atoms with Gasteiger partial charge >= 0.3 is 7.12 Å². The summed E-state index contributed by atoms with van der Waals surface area (Å²) in [5.41, 5.74) is 2.85. The topological polar surface area (TPSA) is 53.4 Å². The first-order valence-corrected chi connectivity index (χ1v) is 7.53. The monoisotopic (exact) mass is 355 g/mol. The van der Waals surface area contributed by atoms with E-state index in [1.54, 1.807) is 30.5 Å². The first-order valence-electron chi connectivity index (χ1n) is 6.74. The van der Waals surface area contributed by atoms with Crippen LogP contribution in [0, 0.1) is 0 Å². The van der Waals surface area contributed by atoms with Crippen molar-refractivity contribution in [2.75, 3.05) is 0 Å². The highest BCUT2D eigenvalue weighted by Gasteiger charge is 2.07. The van der Waals surface area contributed by atoms with Crippen LogP contribution in [-0.4, -0.2) is 22.2 Å². The molecule has 2 aromatic carbocycles. The molecule has 5 heteroatoms. The lowest BCUT2D eigenvalue weighted by atomic mass is 9.81. The molecule has 0 bridgehead atoms. The minimum Gasteiger partial charge on any atom is -0.423 e. The molecule has 3 aromatic rings. The molecule has 0 aliphatic rings. The minimum absolute atomic E-state index is 0.525. The summed E-state index contributed by atoms with van der Waals surface area (Å²) < 4.78 is 1.01. The van der Waals surface area contributed by atoms with Gasteiger partial charge in [-0.05, 0) is 33.0 Å². The number of halogens is 1. The molecule has 0 amide bonds. The highest BCUT2D eigenvalue weighted by Crippen LogP contribution is 2.20. The third kappa shape index (κ3) is 5.11. The van der Waals surface area contributed by atoms with E-state index in [4.69, 9.17) is 10.0 Å². The zero-order valence-electron chi connectivity index (χ0n) is 11.8. The second kappa shape index (κ2) is 8.49. The lowest BCUT2D eigenvalue weighted by molar-refractivity contribution is 0.426. The molecular formula is C17H15BBrNO2. The lowest BCUT2D eigenvalue weighted by Crippen LogP contribution is -2.29. The van der Waals surface area contributed by atoms with Gasteiger partial charge in [-0.2, -0.15) is 0 Å². The van der Waals surface area contributed by atoms with E-state index in [2.05, 4.69) is 39.1 Å². The van der Waals surface area contributed by atoms with E-state index < -0.39 is 7.12 Å². The quantitative estimate of drug-likeness (QED) is 0.695. The second-order valence-electron chi connectivity index (χ2n) is 4.54. The molecule has 1 heterocycles. The summed E-state index contributed by atoms with van der Waals surface area (Å²) in [5.74, 6) is 0. The minimum atomic E-state index is -1.34. The maximum absolute atomic E-state index is 8.58. The predicted molar refractivity (Wildman–Crippen MR) is 93.6 cm³/mol. The van der Waals surface area contributed by atoms with Crippen LogP contribution in [0.2, 0.25) is 0 Å². The fourth-order valence-electron chi connectivity index (χ4n) is 1.83. The molecule has 1 aromatic heterocycles. The number of nitrogens with zero attached hydrogens (tertiary/aromatic N) is 1. The van der Waals surface area contributed by atoms with E-state index in [1.807, 2.05) is 30.5 Å². The molecule has 3 nitrogen and oxygen atoms in total. The summed E-state index contributed by atoms with van der Waals surface area (Å²) in [7, 11) is -1.34. The Labute approximate surface area is 138 Å². The molecule has 0 atom stereocenters. The molecule has 0 radical (unpaired) electrons. The molecule has 22 heavy (non-hydrogen) atoms. The Morgan fingerprint density at radius 1 is 0.773 bits per heavy atom. The van der Waals surface area contributed by atoms with Gasteiger partial charge in [0.1, 0.15) is 0 Å². The summed E-state index contributed by atoms with van der Waals surface area (Å²) in [6, 6.07) is 20.9. The number of hydrogen-bond donors (Lipinski definition) is 2. The van der Waals surface area contributed by atoms with Crippen molar-refractivity contribution in [3.8, 4) is 11.1 Å². The zero-order valence-corrected chi connectivity index (χ0v) is 13.4. The fourth-order valence-corrected chi connectivity index (χ4v) is 2.19. The molecule has 0 aliphatic carbocycles. The maximum Gasteiger partial charge on any atom is 0.488 e. The SMILES string of the molecule is Brc1cncc(-c2ccccc2)c1.OB(O)c1ccccc1. The summed E-state index contributed by atoms with van der Waals surface area (Å²) in [6.07, 6.45) is 3.65. The second-order valence-corrected chi connectivity index (χ2v) is 5.46. The van der Waals surface area contributed by atoms with Crippen molar-refractivity contribution in [3.05, 3.63) is 83.6 Å². The van der Waals surface area contributed by atoms with Crippen molar-refractivity contribution in [1.29, 1.82) is 0 Å². The van der Waals surface area contributed by atoms with Crippen molar-refractivity contribution in [2.45, 2.75) is 0 Å². The number of hydrogen-bond acceptors (Lipinski definition) is 3. The Morgan fingerprint density at radius 2 is 1.36 bits per heavy atom. The van der Waals surface area contributed by atoms with Crippen molar-refractivity contribution in [3.63, 3.8) is 0 Å². The third-order valence-electron chi connectivity index (χ3n) is 2.91. The number of rotatable bonds is 2. The smallest absolute Gasteiger partial charge is 0.423 e. The highest BCUT2D eigenvalue weighted by molar-refractivity contribution is 9.10. The van der Waals surface area contributed by atoms with Gasteiger partial charge in [0.25, 0.3) is 0 Å². The Morgan fingerprint density at radius 3 is 1.86 bits per heavy atom. The molecule has 2 N–H and O–H groups in total. The Balaban J connectivity index is 0.000000172. The van der Waals surface area contributed by atoms with E-state index in [-0.39, 0.29) is 0 Å². The van der Waals surface area contributed by atoms with Gasteiger partial charge in [-0.15, -0.1) is 0 Å². The summed E-state index contributed by atoms with van der Waals surface area (Å²) in [5, 5.41) is 17.2. The Hall–Kier alpha value is -1.95. The van der Waals surface area contributed by atoms with Crippen LogP contribution in [-0.2, 0) is 0 Å². The molecule has 0 unspecified atom stereocenters. The lowest BCUT2D eigenvalue weighted by Gasteiger charge is -1.99. The van der Waals surface area contributed by atoms with Gasteiger partial charge in [0.2, 0.25) is 0 Å². The first kappa shape index (κ1) is 16.4. The van der Waals surface area contributed by atoms with E-state index in [1.165, 1.54) is 5.56 Å². The molecule has 0 aliphatic heterocycles. The van der Waals surface area contributed by atoms with E-state index in [9.17, 15) is 0 Å². The van der Waals surface area contributed by atoms with Crippen LogP contribution in [0.3, 0.4) is 0 Å². The molecule has 110 valence electrons.